The number of carbonyl (C=O) groups is 10. The Morgan fingerprint density at radius 1 is 0.382 bits per heavy atom. The molecule has 0 saturated heterocycles. The predicted octanol–water partition coefficient (Wildman–Crippen LogP) is -0.314. The number of fused-ring (bicyclic) bond motifs is 16. The standard InChI is InChI=1S/C61H78N12O16/c74-40(37-89-38-49(75)76)9-3-1-2-8-39-36-73-31-24-68-59(86)46-15-6-14-45(52(46)79)56(83)64-20-27-71(28-21-67-60(87)47-16-7-17-48(53(47)80)61(88)69-39)33-32-70-25-18-62-54(81)41-10-4-12-43(50(41)77)57(84)65-22-29-72(34-35-73)30-23-66-58(85)44-13-5-11-42(51(44)78)55(82)63-19-26-70/h4-7,10-17,39,77-80H,1-3,8-9,18-38H2,(H,62,81)(H,63,82)(H,64,83)(H,65,84)(H,66,85)(H,67,87)(H,68,86)(H,69,88)(H,75,76). The number of ketones is 1. The van der Waals surface area contributed by atoms with E-state index in [1.165, 1.54) is 72.8 Å². The van der Waals surface area contributed by atoms with Crippen molar-refractivity contribution in [1.82, 2.24) is 62.1 Å². The van der Waals surface area contributed by atoms with Crippen LogP contribution in [-0.2, 0) is 14.3 Å². The number of aromatic hydroxyl groups is 4. The molecule has 0 aliphatic carbocycles. The average molecular weight is 1240 g/mol. The molecule has 0 fully saturated rings. The highest BCUT2D eigenvalue weighted by atomic mass is 16.5. The Hall–Kier alpha value is -9.22. The lowest BCUT2D eigenvalue weighted by atomic mass is 10.0. The Balaban J connectivity index is 1.30. The number of ether oxygens (including phenoxy) is 1. The molecule has 4 aromatic rings. The molecule has 12 bridgehead atoms. The van der Waals surface area contributed by atoms with Gasteiger partial charge in [-0.3, -0.25) is 62.8 Å². The summed E-state index contributed by atoms with van der Waals surface area (Å²) < 4.78 is 4.95. The second-order valence-corrected chi connectivity index (χ2v) is 21.6. The zero-order chi connectivity index (χ0) is 63.8. The van der Waals surface area contributed by atoms with Crippen LogP contribution < -0.4 is 42.5 Å². The van der Waals surface area contributed by atoms with Crippen LogP contribution in [0.1, 0.15) is 115 Å². The van der Waals surface area contributed by atoms with Crippen LogP contribution in [0.3, 0.4) is 0 Å². The molecule has 0 saturated carbocycles. The van der Waals surface area contributed by atoms with E-state index < -0.39 is 88.9 Å². The monoisotopic (exact) mass is 1230 g/mol. The van der Waals surface area contributed by atoms with E-state index in [2.05, 4.69) is 42.5 Å². The highest BCUT2D eigenvalue weighted by Crippen LogP contribution is 2.26. The van der Waals surface area contributed by atoms with Crippen LogP contribution in [0.5, 0.6) is 23.0 Å². The Labute approximate surface area is 513 Å². The number of Topliss-reactive ketones (excluding diaryl/α,β-unsaturated/α-hetero) is 1. The highest BCUT2D eigenvalue weighted by Gasteiger charge is 2.27. The Bertz CT molecular complexity index is 3130. The van der Waals surface area contributed by atoms with Crippen molar-refractivity contribution in [1.29, 1.82) is 0 Å². The summed E-state index contributed by atoms with van der Waals surface area (Å²) in [5.74, 6) is -9.31. The van der Waals surface area contributed by atoms with Gasteiger partial charge in [-0.25, -0.2) is 4.79 Å². The first-order valence-corrected chi connectivity index (χ1v) is 29.6. The molecule has 28 nitrogen and oxygen atoms in total. The van der Waals surface area contributed by atoms with Gasteiger partial charge in [0.15, 0.2) is 5.78 Å². The maximum absolute atomic E-state index is 14.4. The van der Waals surface area contributed by atoms with E-state index in [1.807, 2.05) is 19.6 Å². The van der Waals surface area contributed by atoms with Crippen molar-refractivity contribution in [3.8, 4) is 23.0 Å². The number of carbonyl (C=O) groups excluding carboxylic acids is 9. The molecule has 4 aliphatic heterocycles. The summed E-state index contributed by atoms with van der Waals surface area (Å²) in [7, 11) is 0. The number of para-hydroxylation sites is 4. The quantitative estimate of drug-likeness (QED) is 0.0906. The molecule has 4 aromatic carbocycles. The fourth-order valence-electron chi connectivity index (χ4n) is 10.5. The highest BCUT2D eigenvalue weighted by molar-refractivity contribution is 6.06. The summed E-state index contributed by atoms with van der Waals surface area (Å²) >= 11 is 0. The van der Waals surface area contributed by atoms with Crippen molar-refractivity contribution in [3.63, 3.8) is 0 Å². The van der Waals surface area contributed by atoms with Gasteiger partial charge >= 0.3 is 5.97 Å². The van der Waals surface area contributed by atoms with Crippen molar-refractivity contribution < 1.29 is 78.2 Å². The SMILES string of the molecule is O=C(O)COCC(=O)CCCCCC1CN2CCNC(=O)c3cccc(c3O)C(=O)NCCN(CCNC(=O)c3cccc(c3O)C(=O)N1)CCN1CCNC(=O)c3cccc(c3O)C(=O)NCCN(CCNC(=O)c3cccc(c3O)C(=O)NCC1)CC2. The van der Waals surface area contributed by atoms with Gasteiger partial charge in [-0.05, 0) is 61.4 Å². The summed E-state index contributed by atoms with van der Waals surface area (Å²) in [5.41, 5.74) is -1.43. The summed E-state index contributed by atoms with van der Waals surface area (Å²) in [5, 5.41) is 77.5. The summed E-state index contributed by atoms with van der Waals surface area (Å²) in [6.07, 6.45) is 1.72. The normalized spacial score (nSPS) is 21.2. The van der Waals surface area contributed by atoms with Crippen molar-refractivity contribution in [2.75, 3.05) is 138 Å². The van der Waals surface area contributed by atoms with Crippen LogP contribution in [-0.4, -0.2) is 248 Å². The minimum absolute atomic E-state index is 0.00137. The number of phenols is 4. The molecule has 8 rings (SSSR count). The van der Waals surface area contributed by atoms with Crippen LogP contribution in [0.25, 0.3) is 0 Å². The third-order valence-corrected chi connectivity index (χ3v) is 15.4. The number of rotatable bonds is 10. The van der Waals surface area contributed by atoms with Gasteiger partial charge in [-0.2, -0.15) is 0 Å². The second kappa shape index (κ2) is 33.8. The molecule has 3 atom stereocenters. The van der Waals surface area contributed by atoms with Crippen molar-refractivity contribution >= 4 is 59.0 Å². The van der Waals surface area contributed by atoms with Gasteiger partial charge in [0.2, 0.25) is 0 Å². The Morgan fingerprint density at radius 3 is 0.966 bits per heavy atom. The number of hydrogen-bond acceptors (Lipinski definition) is 19. The molecule has 0 spiro atoms. The number of aliphatic carboxylic acids is 1. The van der Waals surface area contributed by atoms with E-state index in [0.29, 0.717) is 25.7 Å². The third-order valence-electron chi connectivity index (χ3n) is 15.4. The molecule has 28 heteroatoms. The minimum Gasteiger partial charge on any atom is -0.506 e. The number of nitrogens with one attached hydrogen (secondary N) is 8. The van der Waals surface area contributed by atoms with Gasteiger partial charge in [0.1, 0.15) is 36.2 Å². The smallest absolute Gasteiger partial charge is 0.329 e. The minimum atomic E-state index is -1.21. The van der Waals surface area contributed by atoms with E-state index in [4.69, 9.17) is 9.84 Å². The van der Waals surface area contributed by atoms with Crippen molar-refractivity contribution in [2.24, 2.45) is 0 Å². The van der Waals surface area contributed by atoms with E-state index in [0.717, 1.165) is 0 Å². The first-order valence-electron chi connectivity index (χ1n) is 29.6. The predicted molar refractivity (Wildman–Crippen MR) is 322 cm³/mol. The third kappa shape index (κ3) is 19.9. The van der Waals surface area contributed by atoms with Gasteiger partial charge in [0.25, 0.3) is 47.3 Å². The molecule has 8 amide bonds. The molecule has 478 valence electrons. The number of amides is 8. The van der Waals surface area contributed by atoms with Gasteiger partial charge in [-0.1, -0.05) is 37.1 Å². The zero-order valence-electron chi connectivity index (χ0n) is 49.4. The lowest BCUT2D eigenvalue weighted by Crippen LogP contribution is -2.49. The van der Waals surface area contributed by atoms with Crippen LogP contribution >= 0.6 is 0 Å². The van der Waals surface area contributed by atoms with Crippen molar-refractivity contribution in [3.05, 3.63) is 117 Å². The molecule has 0 aromatic heterocycles. The van der Waals surface area contributed by atoms with Crippen LogP contribution in [0.15, 0.2) is 72.8 Å². The maximum Gasteiger partial charge on any atom is 0.329 e. The fraction of sp³-hybridized carbons (Fsp3) is 0.443. The Morgan fingerprint density at radius 2 is 0.663 bits per heavy atom. The van der Waals surface area contributed by atoms with Crippen LogP contribution in [0.4, 0.5) is 0 Å². The van der Waals surface area contributed by atoms with E-state index >= 15 is 0 Å². The molecular formula is C61H78N12O16. The zero-order valence-corrected chi connectivity index (χ0v) is 49.4. The number of carboxylic acid groups (broad SMARTS) is 1. The molecule has 13 N–H and O–H groups in total. The molecule has 3 unspecified atom stereocenters. The van der Waals surface area contributed by atoms with Crippen LogP contribution in [0.2, 0.25) is 0 Å². The largest absolute Gasteiger partial charge is 0.506 e. The number of phenolic OH excluding ortho intramolecular Hbond substituents is 4. The van der Waals surface area contributed by atoms with Crippen molar-refractivity contribution in [2.45, 2.75) is 38.1 Å². The molecule has 0 radical (unpaired) electrons. The summed E-state index contributed by atoms with van der Waals surface area (Å²) in [6.45, 7) is 0.663. The van der Waals surface area contributed by atoms with Gasteiger partial charge in [0.05, 0.1) is 44.5 Å². The fourth-order valence-corrected chi connectivity index (χ4v) is 10.5. The maximum atomic E-state index is 14.4. The average Bonchev–Trinajstić information content (AvgIpc) is 2.32. The lowest BCUT2D eigenvalue weighted by molar-refractivity contribution is -0.143. The van der Waals surface area contributed by atoms with Gasteiger partial charge in [-0.15, -0.1) is 0 Å². The summed E-state index contributed by atoms with van der Waals surface area (Å²) in [4.78, 5) is 142. The number of benzene rings is 4. The second-order valence-electron chi connectivity index (χ2n) is 21.6. The van der Waals surface area contributed by atoms with Gasteiger partial charge < -0.3 is 72.8 Å². The number of unbranched alkanes of at least 4 members (excludes halogenated alkanes) is 2. The van der Waals surface area contributed by atoms with E-state index in [-0.39, 0.29) is 188 Å². The Kier molecular flexibility index (Phi) is 25.5. The van der Waals surface area contributed by atoms with E-state index in [9.17, 15) is 68.4 Å². The molecule has 89 heavy (non-hydrogen) atoms. The topological polar surface area (TPSA) is 390 Å². The first-order chi connectivity index (χ1) is 42.9. The molecule has 4 heterocycles. The lowest BCUT2D eigenvalue weighted by Gasteiger charge is -2.31. The molecular weight excluding hydrogens is 1160 g/mol. The first kappa shape index (κ1) is 67.3. The summed E-state index contributed by atoms with van der Waals surface area (Å²) in [6, 6.07) is 16.1. The molecule has 4 aliphatic rings. The number of carboxylic acids is 1. The number of nitrogens with zero attached hydrogens (tertiary/aromatic N) is 4. The van der Waals surface area contributed by atoms with Gasteiger partial charge in [0, 0.05) is 137 Å². The number of hydrogen-bond donors (Lipinski definition) is 13. The van der Waals surface area contributed by atoms with Crippen LogP contribution in [0, 0.1) is 0 Å². The van der Waals surface area contributed by atoms with E-state index in [1.54, 1.807) is 0 Å².